The number of imidazole rings is 1. The molecule has 1 aromatic heterocycles. The number of aliphatic hydroxyl groups excluding tert-OH is 1. The number of rotatable bonds is 8. The Morgan fingerprint density at radius 3 is 2.47 bits per heavy atom. The van der Waals surface area contributed by atoms with Gasteiger partial charge in [0, 0.05) is 13.0 Å². The summed E-state index contributed by atoms with van der Waals surface area (Å²) in [7, 11) is 0. The molecule has 0 aliphatic carbocycles. The Morgan fingerprint density at radius 2 is 1.87 bits per heavy atom. The zero-order chi connectivity index (χ0) is 21.7. The molecule has 2 aromatic carbocycles. The van der Waals surface area contributed by atoms with Crippen molar-refractivity contribution >= 4 is 5.97 Å². The van der Waals surface area contributed by atoms with E-state index in [0.29, 0.717) is 30.8 Å². The van der Waals surface area contributed by atoms with Gasteiger partial charge in [-0.3, -0.25) is 0 Å². The fourth-order valence-corrected chi connectivity index (χ4v) is 3.56. The molecule has 0 radical (unpaired) electrons. The number of benzene rings is 2. The van der Waals surface area contributed by atoms with E-state index >= 15 is 0 Å². The number of aromatic carboxylic acids is 1. The van der Waals surface area contributed by atoms with E-state index in [2.05, 4.69) is 11.1 Å². The van der Waals surface area contributed by atoms with Gasteiger partial charge in [-0.15, -0.1) is 0 Å². The summed E-state index contributed by atoms with van der Waals surface area (Å²) < 4.78 is 1.69. The van der Waals surface area contributed by atoms with Gasteiger partial charge in [-0.2, -0.15) is 5.26 Å². The van der Waals surface area contributed by atoms with Crippen molar-refractivity contribution in [3.8, 4) is 17.2 Å². The van der Waals surface area contributed by atoms with Crippen molar-refractivity contribution in [2.45, 2.75) is 45.8 Å². The standard InChI is InChI=1S/C24H25N3O3/c1-3-7-21-26-22(20(28)4-2)23(24(29)30)27(21)15-16-10-12-17(13-11-16)19-9-6-5-8-18(19)14-25/h5-6,8-13,20,28H,3-4,7,15H2,1-2H3,(H,29,30). The molecule has 0 spiro atoms. The maximum atomic E-state index is 12.0. The second-order valence-electron chi connectivity index (χ2n) is 7.18. The minimum absolute atomic E-state index is 0.0479. The van der Waals surface area contributed by atoms with Crippen molar-refractivity contribution in [3.63, 3.8) is 0 Å². The van der Waals surface area contributed by atoms with Crippen molar-refractivity contribution in [3.05, 3.63) is 76.9 Å². The maximum Gasteiger partial charge on any atom is 0.354 e. The third-order valence-electron chi connectivity index (χ3n) is 5.11. The minimum Gasteiger partial charge on any atom is -0.477 e. The van der Waals surface area contributed by atoms with Crippen LogP contribution in [-0.4, -0.2) is 25.7 Å². The van der Waals surface area contributed by atoms with Gasteiger partial charge in [-0.05, 0) is 35.6 Å². The molecule has 0 saturated heterocycles. The van der Waals surface area contributed by atoms with Gasteiger partial charge in [0.25, 0.3) is 0 Å². The molecule has 30 heavy (non-hydrogen) atoms. The number of aliphatic hydroxyl groups is 1. The number of hydrogen-bond acceptors (Lipinski definition) is 4. The molecule has 3 aromatic rings. The first-order chi connectivity index (χ1) is 14.5. The van der Waals surface area contributed by atoms with Crippen LogP contribution in [0, 0.1) is 11.3 Å². The summed E-state index contributed by atoms with van der Waals surface area (Å²) in [6.07, 6.45) is 0.944. The average molecular weight is 403 g/mol. The van der Waals surface area contributed by atoms with Gasteiger partial charge in [-0.1, -0.05) is 56.3 Å². The fraction of sp³-hybridized carbons (Fsp3) is 0.292. The van der Waals surface area contributed by atoms with Crippen LogP contribution in [-0.2, 0) is 13.0 Å². The first-order valence-corrected chi connectivity index (χ1v) is 10.1. The van der Waals surface area contributed by atoms with Crippen molar-refractivity contribution in [1.29, 1.82) is 5.26 Å². The van der Waals surface area contributed by atoms with E-state index in [-0.39, 0.29) is 11.4 Å². The number of nitrogens with zero attached hydrogens (tertiary/aromatic N) is 3. The highest BCUT2D eigenvalue weighted by atomic mass is 16.4. The summed E-state index contributed by atoms with van der Waals surface area (Å²) >= 11 is 0. The Kier molecular flexibility index (Phi) is 6.65. The molecule has 6 heteroatoms. The predicted molar refractivity (Wildman–Crippen MR) is 114 cm³/mol. The molecule has 0 bridgehead atoms. The molecule has 154 valence electrons. The second kappa shape index (κ2) is 9.38. The van der Waals surface area contributed by atoms with E-state index in [0.717, 1.165) is 23.1 Å². The van der Waals surface area contributed by atoms with Crippen LogP contribution in [0.1, 0.15) is 65.9 Å². The quantitative estimate of drug-likeness (QED) is 0.574. The van der Waals surface area contributed by atoms with Crippen molar-refractivity contribution in [2.75, 3.05) is 0 Å². The number of aryl methyl sites for hydroxylation is 1. The molecular formula is C24H25N3O3. The third-order valence-corrected chi connectivity index (χ3v) is 5.11. The van der Waals surface area contributed by atoms with E-state index in [1.807, 2.05) is 49.4 Å². The molecule has 3 rings (SSSR count). The molecule has 0 amide bonds. The monoisotopic (exact) mass is 403 g/mol. The van der Waals surface area contributed by atoms with E-state index < -0.39 is 12.1 Å². The number of hydrogen-bond donors (Lipinski definition) is 2. The summed E-state index contributed by atoms with van der Waals surface area (Å²) in [5.41, 5.74) is 3.59. The molecule has 1 atom stereocenters. The van der Waals surface area contributed by atoms with Gasteiger partial charge in [-0.25, -0.2) is 9.78 Å². The Hall–Kier alpha value is -3.43. The Bertz CT molecular complexity index is 1080. The zero-order valence-electron chi connectivity index (χ0n) is 17.2. The SMILES string of the molecule is CCCc1nc(C(O)CC)c(C(=O)O)n1Cc1ccc(-c2ccccc2C#N)cc1. The number of carbonyl (C=O) groups is 1. The zero-order valence-corrected chi connectivity index (χ0v) is 17.2. The second-order valence-corrected chi connectivity index (χ2v) is 7.18. The van der Waals surface area contributed by atoms with Gasteiger partial charge in [0.15, 0.2) is 5.69 Å². The topological polar surface area (TPSA) is 99.1 Å². The van der Waals surface area contributed by atoms with Crippen molar-refractivity contribution in [1.82, 2.24) is 9.55 Å². The number of aromatic nitrogens is 2. The average Bonchev–Trinajstić information content (AvgIpc) is 3.12. The summed E-state index contributed by atoms with van der Waals surface area (Å²) in [5, 5.41) is 29.4. The van der Waals surface area contributed by atoms with Gasteiger partial charge in [0.1, 0.15) is 11.5 Å². The highest BCUT2D eigenvalue weighted by Crippen LogP contribution is 2.26. The summed E-state index contributed by atoms with van der Waals surface area (Å²) in [6, 6.07) is 17.4. The predicted octanol–water partition coefficient (Wildman–Crippen LogP) is 4.56. The lowest BCUT2D eigenvalue weighted by molar-refractivity contribution is 0.0676. The lowest BCUT2D eigenvalue weighted by Gasteiger charge is -2.12. The van der Waals surface area contributed by atoms with Crippen LogP contribution >= 0.6 is 0 Å². The molecular weight excluding hydrogens is 378 g/mol. The van der Waals surface area contributed by atoms with Gasteiger partial charge in [0.2, 0.25) is 0 Å². The Morgan fingerprint density at radius 1 is 1.17 bits per heavy atom. The molecule has 1 unspecified atom stereocenters. The maximum absolute atomic E-state index is 12.0. The first kappa shape index (κ1) is 21.3. The fourth-order valence-electron chi connectivity index (χ4n) is 3.56. The summed E-state index contributed by atoms with van der Waals surface area (Å²) in [4.78, 5) is 16.4. The van der Waals surface area contributed by atoms with Crippen LogP contribution < -0.4 is 0 Å². The summed E-state index contributed by atoms with van der Waals surface area (Å²) in [5.74, 6) is -0.428. The van der Waals surface area contributed by atoms with Crippen LogP contribution in [0.15, 0.2) is 48.5 Å². The van der Waals surface area contributed by atoms with Crippen molar-refractivity contribution < 1.29 is 15.0 Å². The highest BCUT2D eigenvalue weighted by Gasteiger charge is 2.26. The van der Waals surface area contributed by atoms with E-state index in [9.17, 15) is 20.3 Å². The molecule has 0 aliphatic heterocycles. The Labute approximate surface area is 176 Å². The van der Waals surface area contributed by atoms with Crippen LogP contribution in [0.4, 0.5) is 0 Å². The molecule has 0 aliphatic rings. The normalized spacial score (nSPS) is 11.8. The number of carboxylic acids is 1. The van der Waals surface area contributed by atoms with Crippen LogP contribution in [0.25, 0.3) is 11.1 Å². The van der Waals surface area contributed by atoms with Crippen molar-refractivity contribution in [2.24, 2.45) is 0 Å². The third kappa shape index (κ3) is 4.27. The molecule has 1 heterocycles. The molecule has 2 N–H and O–H groups in total. The van der Waals surface area contributed by atoms with Gasteiger partial charge < -0.3 is 14.8 Å². The lowest BCUT2D eigenvalue weighted by atomic mass is 9.99. The van der Waals surface area contributed by atoms with E-state index in [1.165, 1.54) is 0 Å². The lowest BCUT2D eigenvalue weighted by Crippen LogP contribution is -2.14. The summed E-state index contributed by atoms with van der Waals surface area (Å²) in [6.45, 7) is 4.16. The Balaban J connectivity index is 1.98. The van der Waals surface area contributed by atoms with Gasteiger partial charge >= 0.3 is 5.97 Å². The highest BCUT2D eigenvalue weighted by molar-refractivity contribution is 5.87. The van der Waals surface area contributed by atoms with Crippen LogP contribution in [0.5, 0.6) is 0 Å². The first-order valence-electron chi connectivity index (χ1n) is 10.1. The largest absolute Gasteiger partial charge is 0.477 e. The number of carboxylic acid groups (broad SMARTS) is 1. The number of nitriles is 1. The van der Waals surface area contributed by atoms with E-state index in [1.54, 1.807) is 17.6 Å². The van der Waals surface area contributed by atoms with Gasteiger partial charge in [0.05, 0.1) is 17.7 Å². The molecule has 6 nitrogen and oxygen atoms in total. The molecule has 0 fully saturated rings. The smallest absolute Gasteiger partial charge is 0.354 e. The molecule has 0 saturated carbocycles. The van der Waals surface area contributed by atoms with E-state index in [4.69, 9.17) is 0 Å². The van der Waals surface area contributed by atoms with Crippen LogP contribution in [0.2, 0.25) is 0 Å². The van der Waals surface area contributed by atoms with Crippen LogP contribution in [0.3, 0.4) is 0 Å². The minimum atomic E-state index is -1.09.